The molecule has 0 radical (unpaired) electrons. The van der Waals surface area contributed by atoms with E-state index >= 15 is 0 Å². The summed E-state index contributed by atoms with van der Waals surface area (Å²) in [6.07, 6.45) is 1.20. The van der Waals surface area contributed by atoms with Crippen molar-refractivity contribution in [3.63, 3.8) is 0 Å². The van der Waals surface area contributed by atoms with Crippen molar-refractivity contribution in [1.82, 2.24) is 10.6 Å². The highest BCUT2D eigenvalue weighted by atomic mass is 16.4. The Labute approximate surface area is 121 Å². The van der Waals surface area contributed by atoms with E-state index in [9.17, 15) is 14.4 Å². The molecule has 1 aliphatic rings. The van der Waals surface area contributed by atoms with Crippen LogP contribution in [0.25, 0.3) is 0 Å². The SMILES string of the molecule is NC(=O)NCc1ccc(C(=O)NCC2(C(=O)O)CC2)cc1. The molecular formula is C14H17N3O4. The average molecular weight is 291 g/mol. The van der Waals surface area contributed by atoms with Gasteiger partial charge in [0.15, 0.2) is 0 Å². The van der Waals surface area contributed by atoms with E-state index in [0.717, 1.165) is 5.56 Å². The Balaban J connectivity index is 1.88. The normalized spacial score (nSPS) is 15.0. The predicted molar refractivity (Wildman–Crippen MR) is 74.5 cm³/mol. The lowest BCUT2D eigenvalue weighted by Gasteiger charge is -2.11. The monoisotopic (exact) mass is 291 g/mol. The Morgan fingerprint density at radius 3 is 2.24 bits per heavy atom. The number of hydrogen-bond acceptors (Lipinski definition) is 3. The molecule has 0 aromatic heterocycles. The standard InChI is InChI=1S/C14H17N3O4/c15-13(21)16-7-9-1-3-10(4-2-9)11(18)17-8-14(5-6-14)12(19)20/h1-4H,5-8H2,(H,17,18)(H,19,20)(H3,15,16,21). The lowest BCUT2D eigenvalue weighted by atomic mass is 10.1. The average Bonchev–Trinajstić information content (AvgIpc) is 3.24. The highest BCUT2D eigenvalue weighted by Crippen LogP contribution is 2.45. The minimum atomic E-state index is -0.865. The molecule has 1 aromatic rings. The van der Waals surface area contributed by atoms with Gasteiger partial charge in [0.05, 0.1) is 5.41 Å². The lowest BCUT2D eigenvalue weighted by Crippen LogP contribution is -2.34. The van der Waals surface area contributed by atoms with Crippen LogP contribution in [-0.2, 0) is 11.3 Å². The lowest BCUT2D eigenvalue weighted by molar-refractivity contribution is -0.143. The van der Waals surface area contributed by atoms with Gasteiger partial charge in [0.25, 0.3) is 5.91 Å². The van der Waals surface area contributed by atoms with Crippen LogP contribution >= 0.6 is 0 Å². The van der Waals surface area contributed by atoms with Crippen LogP contribution in [0, 0.1) is 5.41 Å². The number of aliphatic carboxylic acids is 1. The maximum absolute atomic E-state index is 11.9. The molecule has 1 saturated carbocycles. The number of urea groups is 1. The second kappa shape index (κ2) is 5.82. The van der Waals surface area contributed by atoms with E-state index < -0.39 is 17.4 Å². The van der Waals surface area contributed by atoms with Gasteiger partial charge in [-0.15, -0.1) is 0 Å². The number of benzene rings is 1. The van der Waals surface area contributed by atoms with E-state index in [1.807, 2.05) is 0 Å². The first-order valence-electron chi connectivity index (χ1n) is 6.57. The fraction of sp³-hybridized carbons (Fsp3) is 0.357. The molecule has 21 heavy (non-hydrogen) atoms. The van der Waals surface area contributed by atoms with Crippen molar-refractivity contribution in [1.29, 1.82) is 0 Å². The molecule has 0 atom stereocenters. The van der Waals surface area contributed by atoms with Crippen molar-refractivity contribution >= 4 is 17.9 Å². The summed E-state index contributed by atoms with van der Waals surface area (Å²) in [6.45, 7) is 0.436. The van der Waals surface area contributed by atoms with Gasteiger partial charge >= 0.3 is 12.0 Å². The molecule has 3 amide bonds. The van der Waals surface area contributed by atoms with Gasteiger partial charge in [-0.1, -0.05) is 12.1 Å². The minimum Gasteiger partial charge on any atom is -0.481 e. The van der Waals surface area contributed by atoms with E-state index in [0.29, 0.717) is 24.9 Å². The van der Waals surface area contributed by atoms with Crippen molar-refractivity contribution in [2.24, 2.45) is 11.1 Å². The summed E-state index contributed by atoms with van der Waals surface area (Å²) in [5.74, 6) is -1.17. The van der Waals surface area contributed by atoms with E-state index in [2.05, 4.69) is 10.6 Å². The van der Waals surface area contributed by atoms with Crippen LogP contribution in [-0.4, -0.2) is 29.6 Å². The predicted octanol–water partition coefficient (Wildman–Crippen LogP) is 0.449. The largest absolute Gasteiger partial charge is 0.481 e. The molecule has 0 bridgehead atoms. The smallest absolute Gasteiger partial charge is 0.312 e. The summed E-state index contributed by atoms with van der Waals surface area (Å²) in [4.78, 5) is 33.5. The fourth-order valence-electron chi connectivity index (χ4n) is 1.93. The molecule has 112 valence electrons. The molecule has 1 fully saturated rings. The Morgan fingerprint density at radius 2 is 1.76 bits per heavy atom. The summed E-state index contributed by atoms with van der Waals surface area (Å²) in [5, 5.41) is 14.1. The van der Waals surface area contributed by atoms with Crippen LogP contribution < -0.4 is 16.4 Å². The molecule has 2 rings (SSSR count). The summed E-state index contributed by atoms with van der Waals surface area (Å²) in [7, 11) is 0. The number of carboxylic acids is 1. The molecule has 5 N–H and O–H groups in total. The number of carbonyl (C=O) groups is 3. The molecule has 0 saturated heterocycles. The number of nitrogens with two attached hydrogens (primary N) is 1. The molecular weight excluding hydrogens is 274 g/mol. The third-order valence-corrected chi connectivity index (χ3v) is 3.58. The Bertz CT molecular complexity index is 564. The van der Waals surface area contributed by atoms with Gasteiger partial charge in [-0.05, 0) is 30.5 Å². The molecule has 0 heterocycles. The second-order valence-electron chi connectivity index (χ2n) is 5.18. The second-order valence-corrected chi connectivity index (χ2v) is 5.18. The zero-order valence-electron chi connectivity index (χ0n) is 11.4. The summed E-state index contributed by atoms with van der Waals surface area (Å²) in [6, 6.07) is 6.03. The molecule has 7 heteroatoms. The first-order valence-corrected chi connectivity index (χ1v) is 6.57. The maximum atomic E-state index is 11.9. The van der Waals surface area contributed by atoms with Crippen LogP contribution in [0.4, 0.5) is 4.79 Å². The summed E-state index contributed by atoms with van der Waals surface area (Å²) < 4.78 is 0. The highest BCUT2D eigenvalue weighted by Gasteiger charge is 2.50. The van der Waals surface area contributed by atoms with Crippen LogP contribution in [0.3, 0.4) is 0 Å². The molecule has 0 unspecified atom stereocenters. The van der Waals surface area contributed by atoms with E-state index in [4.69, 9.17) is 10.8 Å². The van der Waals surface area contributed by atoms with Gasteiger partial charge < -0.3 is 21.5 Å². The van der Waals surface area contributed by atoms with Crippen LogP contribution in [0.2, 0.25) is 0 Å². The van der Waals surface area contributed by atoms with Crippen molar-refractivity contribution in [2.45, 2.75) is 19.4 Å². The zero-order chi connectivity index (χ0) is 15.5. The van der Waals surface area contributed by atoms with Crippen LogP contribution in [0.15, 0.2) is 24.3 Å². The maximum Gasteiger partial charge on any atom is 0.312 e. The van der Waals surface area contributed by atoms with Crippen LogP contribution in [0.5, 0.6) is 0 Å². The van der Waals surface area contributed by atoms with Crippen molar-refractivity contribution in [3.8, 4) is 0 Å². The van der Waals surface area contributed by atoms with Gasteiger partial charge in [0, 0.05) is 18.7 Å². The van der Waals surface area contributed by atoms with Crippen molar-refractivity contribution < 1.29 is 19.5 Å². The van der Waals surface area contributed by atoms with E-state index in [1.165, 1.54) is 0 Å². The highest BCUT2D eigenvalue weighted by molar-refractivity contribution is 5.94. The third kappa shape index (κ3) is 3.71. The number of nitrogens with one attached hydrogen (secondary N) is 2. The van der Waals surface area contributed by atoms with Gasteiger partial charge in [0.2, 0.25) is 0 Å². The number of carbonyl (C=O) groups excluding carboxylic acids is 2. The van der Waals surface area contributed by atoms with Crippen molar-refractivity contribution in [3.05, 3.63) is 35.4 Å². The van der Waals surface area contributed by atoms with Gasteiger partial charge in [-0.3, -0.25) is 9.59 Å². The van der Waals surface area contributed by atoms with E-state index in [1.54, 1.807) is 24.3 Å². The summed E-state index contributed by atoms with van der Waals surface area (Å²) in [5.41, 5.74) is 5.45. The Morgan fingerprint density at radius 1 is 1.14 bits per heavy atom. The molecule has 1 aliphatic carbocycles. The van der Waals surface area contributed by atoms with Gasteiger partial charge in [0.1, 0.15) is 0 Å². The number of carboxylic acid groups (broad SMARTS) is 1. The topological polar surface area (TPSA) is 122 Å². The molecule has 7 nitrogen and oxygen atoms in total. The van der Waals surface area contributed by atoms with Crippen molar-refractivity contribution in [2.75, 3.05) is 6.54 Å². The first kappa shape index (κ1) is 14.8. The quantitative estimate of drug-likeness (QED) is 0.608. The number of primary amides is 1. The minimum absolute atomic E-state index is 0.145. The Kier molecular flexibility index (Phi) is 4.11. The summed E-state index contributed by atoms with van der Waals surface area (Å²) >= 11 is 0. The molecule has 1 aromatic carbocycles. The number of amides is 3. The van der Waals surface area contributed by atoms with E-state index in [-0.39, 0.29) is 12.5 Å². The first-order chi connectivity index (χ1) is 9.93. The van der Waals surface area contributed by atoms with Crippen LogP contribution in [0.1, 0.15) is 28.8 Å². The third-order valence-electron chi connectivity index (χ3n) is 3.58. The molecule has 0 aliphatic heterocycles. The fourth-order valence-corrected chi connectivity index (χ4v) is 1.93. The van der Waals surface area contributed by atoms with Gasteiger partial charge in [-0.25, -0.2) is 4.79 Å². The number of rotatable bonds is 6. The Hall–Kier alpha value is -2.57. The molecule has 0 spiro atoms. The zero-order valence-corrected chi connectivity index (χ0v) is 11.4. The van der Waals surface area contributed by atoms with Gasteiger partial charge in [-0.2, -0.15) is 0 Å². The number of hydrogen-bond donors (Lipinski definition) is 4.